The van der Waals surface area contributed by atoms with Gasteiger partial charge in [-0.1, -0.05) is 11.6 Å². The highest BCUT2D eigenvalue weighted by Crippen LogP contribution is 2.18. The number of halogens is 2. The minimum atomic E-state index is -0.362. The number of hydrogen-bond acceptors (Lipinski definition) is 2. The number of hydrogen-bond donors (Lipinski definition) is 2. The summed E-state index contributed by atoms with van der Waals surface area (Å²) in [6, 6.07) is 4.05. The molecule has 1 aliphatic heterocycles. The van der Waals surface area contributed by atoms with Crippen molar-refractivity contribution in [1.29, 1.82) is 0 Å². The monoisotopic (exact) mass is 312 g/mol. The van der Waals surface area contributed by atoms with Crippen LogP contribution >= 0.6 is 15.9 Å². The minimum absolute atomic E-state index is 0.193. The predicted molar refractivity (Wildman–Crippen MR) is 72.0 cm³/mol. The molecule has 2 rings (SSSR count). The van der Waals surface area contributed by atoms with Gasteiger partial charge in [-0.15, -0.1) is 0 Å². The van der Waals surface area contributed by atoms with E-state index in [1.807, 2.05) is 0 Å². The van der Waals surface area contributed by atoms with Gasteiger partial charge in [-0.05, 0) is 47.1 Å². The third-order valence-corrected chi connectivity index (χ3v) is 3.47. The Morgan fingerprint density at radius 1 is 1.50 bits per heavy atom. The Morgan fingerprint density at radius 3 is 3.00 bits per heavy atom. The molecule has 3 nitrogen and oxygen atoms in total. The van der Waals surface area contributed by atoms with Crippen LogP contribution in [0.3, 0.4) is 0 Å². The molecule has 1 amide bonds. The third kappa shape index (κ3) is 3.40. The first kappa shape index (κ1) is 13.2. The Kier molecular flexibility index (Phi) is 4.49. The summed E-state index contributed by atoms with van der Waals surface area (Å²) >= 11 is 3.19. The lowest BCUT2D eigenvalue weighted by atomic mass is 10.1. The summed E-state index contributed by atoms with van der Waals surface area (Å²) in [5.41, 5.74) is 1.67. The molecule has 5 heteroatoms. The molecule has 2 N–H and O–H groups in total. The lowest BCUT2D eigenvalue weighted by Crippen LogP contribution is -2.29. The van der Waals surface area contributed by atoms with Gasteiger partial charge in [0.15, 0.2) is 0 Å². The molecule has 1 heterocycles. The van der Waals surface area contributed by atoms with Crippen molar-refractivity contribution in [3.05, 3.63) is 45.7 Å². The van der Waals surface area contributed by atoms with Crippen LogP contribution in [0.2, 0.25) is 0 Å². The second kappa shape index (κ2) is 6.11. The number of rotatable bonds is 3. The molecule has 1 aromatic carbocycles. The van der Waals surface area contributed by atoms with Crippen molar-refractivity contribution in [2.75, 3.05) is 19.6 Å². The first-order valence-electron chi connectivity index (χ1n) is 5.78. The summed E-state index contributed by atoms with van der Waals surface area (Å²) < 4.78 is 13.4. The van der Waals surface area contributed by atoms with E-state index in [0.717, 1.165) is 19.5 Å². The molecule has 0 bridgehead atoms. The molecule has 0 atom stereocenters. The molecule has 18 heavy (non-hydrogen) atoms. The van der Waals surface area contributed by atoms with E-state index in [1.165, 1.54) is 23.8 Å². The SMILES string of the molecule is O=C(NCC1=CCNCC1)c1ccc(F)cc1Br. The van der Waals surface area contributed by atoms with Crippen molar-refractivity contribution >= 4 is 21.8 Å². The van der Waals surface area contributed by atoms with Crippen molar-refractivity contribution in [1.82, 2.24) is 10.6 Å². The lowest BCUT2D eigenvalue weighted by molar-refractivity contribution is 0.0956. The second-order valence-corrected chi connectivity index (χ2v) is 4.98. The van der Waals surface area contributed by atoms with Crippen LogP contribution in [0.5, 0.6) is 0 Å². The zero-order valence-corrected chi connectivity index (χ0v) is 11.4. The Balaban J connectivity index is 1.97. The predicted octanol–water partition coefficient (Wildman–Crippen LogP) is 2.24. The number of carbonyl (C=O) groups is 1. The van der Waals surface area contributed by atoms with Crippen LogP contribution in [-0.4, -0.2) is 25.5 Å². The molecular weight excluding hydrogens is 299 g/mol. The molecule has 0 spiro atoms. The van der Waals surface area contributed by atoms with E-state index in [4.69, 9.17) is 0 Å². The van der Waals surface area contributed by atoms with Crippen molar-refractivity contribution in [3.8, 4) is 0 Å². The van der Waals surface area contributed by atoms with Gasteiger partial charge >= 0.3 is 0 Å². The number of nitrogens with one attached hydrogen (secondary N) is 2. The number of benzene rings is 1. The average Bonchev–Trinajstić information content (AvgIpc) is 2.37. The summed E-state index contributed by atoms with van der Waals surface area (Å²) in [4.78, 5) is 11.9. The molecule has 0 radical (unpaired) electrons. The molecule has 0 unspecified atom stereocenters. The van der Waals surface area contributed by atoms with Crippen molar-refractivity contribution in [2.45, 2.75) is 6.42 Å². The quantitative estimate of drug-likeness (QED) is 0.840. The average molecular weight is 313 g/mol. The van der Waals surface area contributed by atoms with Crippen LogP contribution in [0.1, 0.15) is 16.8 Å². The fourth-order valence-corrected chi connectivity index (χ4v) is 2.32. The maximum absolute atomic E-state index is 12.9. The van der Waals surface area contributed by atoms with Gasteiger partial charge in [0.2, 0.25) is 0 Å². The van der Waals surface area contributed by atoms with E-state index in [-0.39, 0.29) is 11.7 Å². The van der Waals surface area contributed by atoms with Gasteiger partial charge in [0.1, 0.15) is 5.82 Å². The molecule has 96 valence electrons. The largest absolute Gasteiger partial charge is 0.348 e. The van der Waals surface area contributed by atoms with Gasteiger partial charge in [0.05, 0.1) is 5.56 Å². The molecule has 1 aromatic rings. The van der Waals surface area contributed by atoms with Gasteiger partial charge in [0.25, 0.3) is 5.91 Å². The number of amides is 1. The van der Waals surface area contributed by atoms with E-state index >= 15 is 0 Å². The van der Waals surface area contributed by atoms with Crippen LogP contribution < -0.4 is 10.6 Å². The van der Waals surface area contributed by atoms with Gasteiger partial charge in [-0.2, -0.15) is 0 Å². The zero-order chi connectivity index (χ0) is 13.0. The third-order valence-electron chi connectivity index (χ3n) is 2.81. The van der Waals surface area contributed by atoms with Crippen molar-refractivity contribution in [2.24, 2.45) is 0 Å². The molecule has 0 aromatic heterocycles. The van der Waals surface area contributed by atoms with E-state index in [2.05, 4.69) is 32.6 Å². The van der Waals surface area contributed by atoms with Crippen LogP contribution in [0, 0.1) is 5.82 Å². The van der Waals surface area contributed by atoms with E-state index in [0.29, 0.717) is 16.6 Å². The van der Waals surface area contributed by atoms with Crippen LogP contribution in [0.25, 0.3) is 0 Å². The first-order chi connectivity index (χ1) is 8.66. The van der Waals surface area contributed by atoms with Gasteiger partial charge in [-0.25, -0.2) is 4.39 Å². The smallest absolute Gasteiger partial charge is 0.252 e. The Bertz CT molecular complexity index is 488. The van der Waals surface area contributed by atoms with Gasteiger partial charge < -0.3 is 10.6 Å². The van der Waals surface area contributed by atoms with Crippen LogP contribution in [0.15, 0.2) is 34.3 Å². The maximum Gasteiger partial charge on any atom is 0.252 e. The maximum atomic E-state index is 12.9. The molecule has 0 saturated carbocycles. The molecule has 0 saturated heterocycles. The summed E-state index contributed by atoms with van der Waals surface area (Å²) in [6.07, 6.45) is 3.04. The molecule has 0 fully saturated rings. The van der Waals surface area contributed by atoms with Gasteiger partial charge in [0, 0.05) is 17.6 Å². The normalized spacial score (nSPS) is 15.1. The Labute approximate surface area is 114 Å². The van der Waals surface area contributed by atoms with E-state index in [1.54, 1.807) is 0 Å². The fourth-order valence-electron chi connectivity index (χ4n) is 1.79. The van der Waals surface area contributed by atoms with Crippen molar-refractivity contribution < 1.29 is 9.18 Å². The summed E-state index contributed by atoms with van der Waals surface area (Å²) in [5.74, 6) is -0.555. The highest BCUT2D eigenvalue weighted by atomic mass is 79.9. The highest BCUT2D eigenvalue weighted by molar-refractivity contribution is 9.10. The van der Waals surface area contributed by atoms with Crippen molar-refractivity contribution in [3.63, 3.8) is 0 Å². The molecule has 1 aliphatic rings. The standard InChI is InChI=1S/C13H14BrFN2O/c14-12-7-10(15)1-2-11(12)13(18)17-8-9-3-5-16-6-4-9/h1-3,7,16H,4-6,8H2,(H,17,18). The van der Waals surface area contributed by atoms with E-state index in [9.17, 15) is 9.18 Å². The first-order valence-corrected chi connectivity index (χ1v) is 6.58. The zero-order valence-electron chi connectivity index (χ0n) is 9.80. The summed E-state index contributed by atoms with van der Waals surface area (Å²) in [6.45, 7) is 2.34. The molecular formula is C13H14BrFN2O. The summed E-state index contributed by atoms with van der Waals surface area (Å²) in [7, 11) is 0. The topological polar surface area (TPSA) is 41.1 Å². The Hall–Kier alpha value is -1.20. The lowest BCUT2D eigenvalue weighted by Gasteiger charge is -2.14. The minimum Gasteiger partial charge on any atom is -0.348 e. The van der Waals surface area contributed by atoms with Gasteiger partial charge in [-0.3, -0.25) is 4.79 Å². The van der Waals surface area contributed by atoms with E-state index < -0.39 is 0 Å². The summed E-state index contributed by atoms with van der Waals surface area (Å²) in [5, 5.41) is 6.05. The highest BCUT2D eigenvalue weighted by Gasteiger charge is 2.11. The Morgan fingerprint density at radius 2 is 2.33 bits per heavy atom. The number of carbonyl (C=O) groups excluding carboxylic acids is 1. The van der Waals surface area contributed by atoms with Crippen LogP contribution in [0.4, 0.5) is 4.39 Å². The second-order valence-electron chi connectivity index (χ2n) is 4.12. The molecule has 0 aliphatic carbocycles. The van der Waals surface area contributed by atoms with Crippen LogP contribution in [-0.2, 0) is 0 Å². The fraction of sp³-hybridized carbons (Fsp3) is 0.308.